The van der Waals surface area contributed by atoms with Gasteiger partial charge in [-0.3, -0.25) is 0 Å². The van der Waals surface area contributed by atoms with Gasteiger partial charge in [-0.1, -0.05) is 13.8 Å². The molecule has 84 valence electrons. The first-order valence-electron chi connectivity index (χ1n) is 5.49. The average Bonchev–Trinajstić information content (AvgIpc) is 2.28. The summed E-state index contributed by atoms with van der Waals surface area (Å²) in [4.78, 5) is 8.55. The molecule has 0 unspecified atom stereocenters. The minimum Gasteiger partial charge on any atom is -0.367 e. The van der Waals surface area contributed by atoms with Crippen LogP contribution in [0, 0.1) is 6.92 Å². The van der Waals surface area contributed by atoms with E-state index in [2.05, 4.69) is 34.4 Å². The molecule has 4 nitrogen and oxygen atoms in total. The van der Waals surface area contributed by atoms with E-state index in [4.69, 9.17) is 0 Å². The van der Waals surface area contributed by atoms with Crippen LogP contribution in [0.3, 0.4) is 0 Å². The lowest BCUT2D eigenvalue weighted by Crippen LogP contribution is -2.19. The fourth-order valence-corrected chi connectivity index (χ4v) is 1.39. The van der Waals surface area contributed by atoms with Gasteiger partial charge in [0.25, 0.3) is 0 Å². The van der Waals surface area contributed by atoms with Crippen LogP contribution in [-0.4, -0.2) is 23.1 Å². The van der Waals surface area contributed by atoms with E-state index in [0.717, 1.165) is 24.2 Å². The third-order valence-corrected chi connectivity index (χ3v) is 2.52. The number of aromatic nitrogens is 2. The minimum absolute atomic E-state index is 0.489. The Labute approximate surface area is 91.5 Å². The summed E-state index contributed by atoms with van der Waals surface area (Å²) in [6.07, 6.45) is 4.05. The summed E-state index contributed by atoms with van der Waals surface area (Å²) in [6, 6.07) is 0.489. The van der Waals surface area contributed by atoms with Crippen molar-refractivity contribution in [3.63, 3.8) is 0 Å². The van der Waals surface area contributed by atoms with E-state index in [1.807, 2.05) is 20.2 Å². The molecule has 0 aliphatic heterocycles. The Morgan fingerprint density at radius 1 is 1.33 bits per heavy atom. The van der Waals surface area contributed by atoms with Crippen LogP contribution in [0.4, 0.5) is 11.8 Å². The molecule has 0 aliphatic rings. The van der Waals surface area contributed by atoms with Crippen molar-refractivity contribution in [1.82, 2.24) is 9.97 Å². The average molecular weight is 208 g/mol. The van der Waals surface area contributed by atoms with Crippen LogP contribution in [-0.2, 0) is 0 Å². The molecule has 4 heteroatoms. The van der Waals surface area contributed by atoms with Crippen LogP contribution in [0.1, 0.15) is 32.3 Å². The van der Waals surface area contributed by atoms with Crippen LogP contribution in [0.25, 0.3) is 0 Å². The molecule has 1 aromatic heterocycles. The molecule has 0 atom stereocenters. The van der Waals surface area contributed by atoms with Gasteiger partial charge in [0.15, 0.2) is 0 Å². The number of nitrogens with one attached hydrogen (secondary N) is 2. The highest BCUT2D eigenvalue weighted by atomic mass is 15.1. The van der Waals surface area contributed by atoms with Gasteiger partial charge in [0.2, 0.25) is 5.95 Å². The molecule has 0 spiro atoms. The quantitative estimate of drug-likeness (QED) is 0.780. The second-order valence-corrected chi connectivity index (χ2v) is 3.63. The lowest BCUT2D eigenvalue weighted by atomic mass is 10.1. The van der Waals surface area contributed by atoms with Gasteiger partial charge in [-0.2, -0.15) is 4.98 Å². The number of aryl methyl sites for hydroxylation is 1. The van der Waals surface area contributed by atoms with E-state index in [1.165, 1.54) is 0 Å². The summed E-state index contributed by atoms with van der Waals surface area (Å²) >= 11 is 0. The van der Waals surface area contributed by atoms with Gasteiger partial charge in [-0.05, 0) is 19.8 Å². The Morgan fingerprint density at radius 2 is 2.00 bits per heavy atom. The Bertz CT molecular complexity index is 307. The van der Waals surface area contributed by atoms with Crippen molar-refractivity contribution < 1.29 is 0 Å². The molecule has 0 bridgehead atoms. The Kier molecular flexibility index (Phi) is 4.34. The monoisotopic (exact) mass is 208 g/mol. The predicted molar refractivity (Wildman–Crippen MR) is 64.3 cm³/mol. The maximum Gasteiger partial charge on any atom is 0.224 e. The zero-order valence-corrected chi connectivity index (χ0v) is 9.96. The summed E-state index contributed by atoms with van der Waals surface area (Å²) < 4.78 is 0. The zero-order valence-electron chi connectivity index (χ0n) is 9.96. The Balaban J connectivity index is 2.82. The molecule has 0 radical (unpaired) electrons. The topological polar surface area (TPSA) is 49.8 Å². The predicted octanol–water partition coefficient (Wildman–Crippen LogP) is 2.43. The number of hydrogen-bond donors (Lipinski definition) is 2. The molecular formula is C11H20N4. The van der Waals surface area contributed by atoms with Gasteiger partial charge in [0.05, 0.1) is 0 Å². The first kappa shape index (κ1) is 11.8. The second kappa shape index (κ2) is 5.53. The first-order valence-corrected chi connectivity index (χ1v) is 5.49. The van der Waals surface area contributed by atoms with Gasteiger partial charge < -0.3 is 10.6 Å². The zero-order chi connectivity index (χ0) is 11.3. The first-order chi connectivity index (χ1) is 7.21. The summed E-state index contributed by atoms with van der Waals surface area (Å²) in [6.45, 7) is 6.37. The number of hydrogen-bond acceptors (Lipinski definition) is 4. The largest absolute Gasteiger partial charge is 0.367 e. The van der Waals surface area contributed by atoms with Gasteiger partial charge >= 0.3 is 0 Å². The summed E-state index contributed by atoms with van der Waals surface area (Å²) in [7, 11) is 1.82. The van der Waals surface area contributed by atoms with Crippen LogP contribution in [0.5, 0.6) is 0 Å². The molecule has 15 heavy (non-hydrogen) atoms. The molecule has 0 amide bonds. The third kappa shape index (κ3) is 3.08. The van der Waals surface area contributed by atoms with Crippen LogP contribution >= 0.6 is 0 Å². The molecular weight excluding hydrogens is 188 g/mol. The van der Waals surface area contributed by atoms with Gasteiger partial charge in [-0.25, -0.2) is 4.98 Å². The molecule has 0 aromatic carbocycles. The molecule has 1 heterocycles. The standard InChI is InChI=1S/C11H20N4/c1-5-9(6-2)14-10-8(3)7-13-11(12-4)15-10/h7,9H,5-6H2,1-4H3,(H2,12,13,14,15). The third-order valence-electron chi connectivity index (χ3n) is 2.52. The lowest BCUT2D eigenvalue weighted by molar-refractivity contribution is 0.667. The number of nitrogens with zero attached hydrogens (tertiary/aromatic N) is 2. The number of rotatable bonds is 5. The highest BCUT2D eigenvalue weighted by molar-refractivity contribution is 5.46. The second-order valence-electron chi connectivity index (χ2n) is 3.63. The van der Waals surface area contributed by atoms with Crippen LogP contribution < -0.4 is 10.6 Å². The van der Waals surface area contributed by atoms with Crippen LogP contribution in [0.2, 0.25) is 0 Å². The summed E-state index contributed by atoms with van der Waals surface area (Å²) in [5.74, 6) is 1.59. The maximum atomic E-state index is 4.39. The number of anilines is 2. The molecule has 1 aromatic rings. The molecule has 0 aliphatic carbocycles. The van der Waals surface area contributed by atoms with E-state index in [9.17, 15) is 0 Å². The van der Waals surface area contributed by atoms with Crippen molar-refractivity contribution in [3.05, 3.63) is 11.8 Å². The normalized spacial score (nSPS) is 10.5. The van der Waals surface area contributed by atoms with E-state index in [1.54, 1.807) is 0 Å². The minimum atomic E-state index is 0.489. The van der Waals surface area contributed by atoms with Crippen LogP contribution in [0.15, 0.2) is 6.20 Å². The lowest BCUT2D eigenvalue weighted by Gasteiger charge is -2.17. The molecule has 0 fully saturated rings. The fourth-order valence-electron chi connectivity index (χ4n) is 1.39. The van der Waals surface area contributed by atoms with Crippen molar-refractivity contribution in [2.24, 2.45) is 0 Å². The van der Waals surface area contributed by atoms with E-state index in [-0.39, 0.29) is 0 Å². The van der Waals surface area contributed by atoms with E-state index < -0.39 is 0 Å². The highest BCUT2D eigenvalue weighted by Gasteiger charge is 2.07. The van der Waals surface area contributed by atoms with Gasteiger partial charge in [-0.15, -0.1) is 0 Å². The highest BCUT2D eigenvalue weighted by Crippen LogP contribution is 2.15. The van der Waals surface area contributed by atoms with Gasteiger partial charge in [0.1, 0.15) is 5.82 Å². The molecule has 0 saturated carbocycles. The van der Waals surface area contributed by atoms with Crippen molar-refractivity contribution >= 4 is 11.8 Å². The molecule has 1 rings (SSSR count). The summed E-state index contributed by atoms with van der Waals surface area (Å²) in [5, 5.41) is 6.37. The molecule has 2 N–H and O–H groups in total. The van der Waals surface area contributed by atoms with Crippen molar-refractivity contribution in [1.29, 1.82) is 0 Å². The fraction of sp³-hybridized carbons (Fsp3) is 0.636. The van der Waals surface area contributed by atoms with E-state index >= 15 is 0 Å². The SMILES string of the molecule is CCC(CC)Nc1nc(NC)ncc1C. The van der Waals surface area contributed by atoms with Crippen molar-refractivity contribution in [3.8, 4) is 0 Å². The van der Waals surface area contributed by atoms with Gasteiger partial charge in [0, 0.05) is 24.8 Å². The van der Waals surface area contributed by atoms with E-state index in [0.29, 0.717) is 12.0 Å². The Hall–Kier alpha value is -1.32. The smallest absolute Gasteiger partial charge is 0.224 e. The maximum absolute atomic E-state index is 4.39. The van der Waals surface area contributed by atoms with Crippen molar-refractivity contribution in [2.75, 3.05) is 17.7 Å². The Morgan fingerprint density at radius 3 is 2.53 bits per heavy atom. The molecule has 0 saturated heterocycles. The van der Waals surface area contributed by atoms with Crippen molar-refractivity contribution in [2.45, 2.75) is 39.7 Å². The summed E-state index contributed by atoms with van der Waals surface area (Å²) in [5.41, 5.74) is 1.08.